The van der Waals surface area contributed by atoms with Gasteiger partial charge in [-0.25, -0.2) is 0 Å². The Bertz CT molecular complexity index is 630. The smallest absolute Gasteiger partial charge is 0.506 e. The summed E-state index contributed by atoms with van der Waals surface area (Å²) in [5, 5.41) is 12.4. The van der Waals surface area contributed by atoms with Gasteiger partial charge in [0.2, 0.25) is 0 Å². The molecular weight excluding hydrogens is 285 g/mol. The first-order valence-electron chi connectivity index (χ1n) is 6.09. The third kappa shape index (κ3) is 4.27. The molecule has 21 heavy (non-hydrogen) atoms. The van der Waals surface area contributed by atoms with Gasteiger partial charge < -0.3 is 15.2 Å². The fraction of sp³-hybridized carbons (Fsp3) is 0.214. The van der Waals surface area contributed by atoms with Gasteiger partial charge in [0, 0.05) is 5.69 Å². The van der Waals surface area contributed by atoms with Crippen molar-refractivity contribution in [2.24, 2.45) is 0 Å². The molecule has 0 saturated heterocycles. The number of hydrogen-bond acceptors (Lipinski definition) is 4. The predicted octanol–water partition coefficient (Wildman–Crippen LogP) is 3.61. The molecule has 7 heteroatoms. The zero-order valence-corrected chi connectivity index (χ0v) is 11.1. The van der Waals surface area contributed by atoms with Crippen LogP contribution >= 0.6 is 0 Å². The third-order valence-corrected chi connectivity index (χ3v) is 2.65. The van der Waals surface area contributed by atoms with Crippen LogP contribution in [0.3, 0.4) is 0 Å². The number of hydrogen-bond donors (Lipinski definition) is 2. The number of pyridine rings is 1. The maximum Gasteiger partial charge on any atom is 0.573 e. The Hall–Kier alpha value is -2.44. The van der Waals surface area contributed by atoms with Gasteiger partial charge in [-0.2, -0.15) is 0 Å². The van der Waals surface area contributed by atoms with Crippen LogP contribution in [0.25, 0.3) is 0 Å². The van der Waals surface area contributed by atoms with Crippen molar-refractivity contribution >= 4 is 5.69 Å². The van der Waals surface area contributed by atoms with Crippen molar-refractivity contribution in [3.63, 3.8) is 0 Å². The van der Waals surface area contributed by atoms with E-state index < -0.39 is 6.36 Å². The van der Waals surface area contributed by atoms with E-state index in [-0.39, 0.29) is 23.7 Å². The SMILES string of the molecule is Cc1ccc(O)c(CNc2ccccc2OC(F)(F)F)n1. The fourth-order valence-electron chi connectivity index (χ4n) is 1.74. The molecule has 0 amide bonds. The molecule has 0 aliphatic carbocycles. The number of halogens is 3. The molecule has 112 valence electrons. The molecule has 0 saturated carbocycles. The summed E-state index contributed by atoms with van der Waals surface area (Å²) in [6.07, 6.45) is -4.76. The van der Waals surface area contributed by atoms with Crippen molar-refractivity contribution in [2.75, 3.05) is 5.32 Å². The number of benzene rings is 1. The first-order valence-corrected chi connectivity index (χ1v) is 6.09. The molecule has 0 fully saturated rings. The van der Waals surface area contributed by atoms with Crippen LogP contribution in [0.1, 0.15) is 11.4 Å². The lowest BCUT2D eigenvalue weighted by Gasteiger charge is -2.14. The van der Waals surface area contributed by atoms with Crippen molar-refractivity contribution < 1.29 is 23.0 Å². The van der Waals surface area contributed by atoms with Crippen LogP contribution in [0.15, 0.2) is 36.4 Å². The molecule has 0 radical (unpaired) electrons. The van der Waals surface area contributed by atoms with Crippen molar-refractivity contribution in [1.82, 2.24) is 4.98 Å². The highest BCUT2D eigenvalue weighted by Crippen LogP contribution is 2.30. The zero-order chi connectivity index (χ0) is 15.5. The second-order valence-electron chi connectivity index (χ2n) is 4.32. The van der Waals surface area contributed by atoms with Crippen molar-refractivity contribution in [3.8, 4) is 11.5 Å². The standard InChI is InChI=1S/C14H13F3N2O2/c1-9-6-7-12(20)11(19-9)8-18-10-4-2-3-5-13(10)21-14(15,16)17/h2-7,18,20H,8H2,1H3. The van der Waals surface area contributed by atoms with Gasteiger partial charge in [0.15, 0.2) is 5.75 Å². The number of nitrogens with one attached hydrogen (secondary N) is 1. The lowest BCUT2D eigenvalue weighted by Crippen LogP contribution is -2.18. The molecule has 0 bridgehead atoms. The van der Waals surface area contributed by atoms with Crippen molar-refractivity contribution in [2.45, 2.75) is 19.8 Å². The third-order valence-electron chi connectivity index (χ3n) is 2.65. The van der Waals surface area contributed by atoms with Gasteiger partial charge in [-0.3, -0.25) is 4.98 Å². The lowest BCUT2D eigenvalue weighted by atomic mass is 10.2. The number of rotatable bonds is 4. The van der Waals surface area contributed by atoms with Gasteiger partial charge in [0.05, 0.1) is 12.2 Å². The topological polar surface area (TPSA) is 54.4 Å². The summed E-state index contributed by atoms with van der Waals surface area (Å²) in [5.41, 5.74) is 1.21. The summed E-state index contributed by atoms with van der Waals surface area (Å²) >= 11 is 0. The van der Waals surface area contributed by atoms with Crippen LogP contribution in [-0.4, -0.2) is 16.5 Å². The van der Waals surface area contributed by atoms with E-state index in [1.165, 1.54) is 24.3 Å². The van der Waals surface area contributed by atoms with E-state index in [9.17, 15) is 18.3 Å². The van der Waals surface area contributed by atoms with E-state index in [1.54, 1.807) is 19.1 Å². The number of para-hydroxylation sites is 2. The monoisotopic (exact) mass is 298 g/mol. The Balaban J connectivity index is 2.15. The number of anilines is 1. The number of aromatic hydroxyl groups is 1. The zero-order valence-electron chi connectivity index (χ0n) is 11.1. The molecule has 4 nitrogen and oxygen atoms in total. The Morgan fingerprint density at radius 3 is 2.62 bits per heavy atom. The molecule has 1 aromatic heterocycles. The molecule has 2 aromatic rings. The maximum atomic E-state index is 12.3. The van der Waals surface area contributed by atoms with Crippen molar-refractivity contribution in [3.05, 3.63) is 47.8 Å². The minimum Gasteiger partial charge on any atom is -0.506 e. The quantitative estimate of drug-likeness (QED) is 0.905. The minimum absolute atomic E-state index is 0.0256. The van der Waals surface area contributed by atoms with Crippen LogP contribution in [0.4, 0.5) is 18.9 Å². The van der Waals surface area contributed by atoms with E-state index in [2.05, 4.69) is 15.0 Å². The van der Waals surface area contributed by atoms with Crippen LogP contribution in [-0.2, 0) is 6.54 Å². The molecular formula is C14H13F3N2O2. The summed E-state index contributed by atoms with van der Waals surface area (Å²) < 4.78 is 40.8. The molecule has 0 atom stereocenters. The lowest BCUT2D eigenvalue weighted by molar-refractivity contribution is -0.274. The molecule has 1 aromatic carbocycles. The number of ether oxygens (including phenoxy) is 1. The molecule has 0 spiro atoms. The van der Waals surface area contributed by atoms with E-state index in [4.69, 9.17) is 0 Å². The Kier molecular flexibility index (Phi) is 4.21. The normalized spacial score (nSPS) is 11.2. The maximum absolute atomic E-state index is 12.3. The van der Waals surface area contributed by atoms with Gasteiger partial charge >= 0.3 is 6.36 Å². The second kappa shape index (κ2) is 5.90. The Morgan fingerprint density at radius 1 is 1.19 bits per heavy atom. The van der Waals surface area contributed by atoms with E-state index in [1.807, 2.05) is 0 Å². The van der Waals surface area contributed by atoms with E-state index in [0.29, 0.717) is 11.4 Å². The minimum atomic E-state index is -4.76. The van der Waals surface area contributed by atoms with Crippen LogP contribution in [0.5, 0.6) is 11.5 Å². The summed E-state index contributed by atoms with van der Waals surface area (Å²) in [5.74, 6) is -0.362. The highest BCUT2D eigenvalue weighted by atomic mass is 19.4. The molecule has 0 aliphatic heterocycles. The highest BCUT2D eigenvalue weighted by molar-refractivity contribution is 5.56. The number of nitrogens with zero attached hydrogens (tertiary/aromatic N) is 1. The predicted molar refractivity (Wildman–Crippen MR) is 71.1 cm³/mol. The number of alkyl halides is 3. The second-order valence-corrected chi connectivity index (χ2v) is 4.32. The average molecular weight is 298 g/mol. The van der Waals surface area contributed by atoms with Gasteiger partial charge in [0.25, 0.3) is 0 Å². The van der Waals surface area contributed by atoms with E-state index in [0.717, 1.165) is 0 Å². The average Bonchev–Trinajstić information content (AvgIpc) is 2.39. The Labute approximate surface area is 119 Å². The fourth-order valence-corrected chi connectivity index (χ4v) is 1.74. The van der Waals surface area contributed by atoms with E-state index >= 15 is 0 Å². The van der Waals surface area contributed by atoms with Gasteiger partial charge in [-0.15, -0.1) is 13.2 Å². The van der Waals surface area contributed by atoms with Crippen LogP contribution < -0.4 is 10.1 Å². The first kappa shape index (κ1) is 15.0. The molecule has 2 N–H and O–H groups in total. The number of aryl methyl sites for hydroxylation is 1. The highest BCUT2D eigenvalue weighted by Gasteiger charge is 2.32. The molecule has 0 aliphatic rings. The Morgan fingerprint density at radius 2 is 1.90 bits per heavy atom. The first-order chi connectivity index (χ1) is 9.85. The van der Waals surface area contributed by atoms with Crippen LogP contribution in [0.2, 0.25) is 0 Å². The van der Waals surface area contributed by atoms with Gasteiger partial charge in [-0.1, -0.05) is 12.1 Å². The molecule has 1 heterocycles. The number of aromatic nitrogens is 1. The summed E-state index contributed by atoms with van der Waals surface area (Å²) in [4.78, 5) is 4.12. The van der Waals surface area contributed by atoms with Gasteiger partial charge in [-0.05, 0) is 31.2 Å². The van der Waals surface area contributed by atoms with Gasteiger partial charge in [0.1, 0.15) is 11.4 Å². The summed E-state index contributed by atoms with van der Waals surface area (Å²) in [6.45, 7) is 1.83. The summed E-state index contributed by atoms with van der Waals surface area (Å²) in [6, 6.07) is 8.80. The largest absolute Gasteiger partial charge is 0.573 e. The molecule has 0 unspecified atom stereocenters. The van der Waals surface area contributed by atoms with Crippen LogP contribution in [0, 0.1) is 6.92 Å². The van der Waals surface area contributed by atoms with Crippen molar-refractivity contribution in [1.29, 1.82) is 0 Å². The molecule has 2 rings (SSSR count). The summed E-state index contributed by atoms with van der Waals surface area (Å²) in [7, 11) is 0.